The highest BCUT2D eigenvalue weighted by atomic mass is 32.1. The average molecular weight is 394 g/mol. The molecule has 5 nitrogen and oxygen atoms in total. The number of carbonyl (C=O) groups is 2. The molecule has 1 aliphatic carbocycles. The summed E-state index contributed by atoms with van der Waals surface area (Å²) in [5.41, 5.74) is 4.12. The van der Waals surface area contributed by atoms with E-state index in [1.165, 1.54) is 0 Å². The van der Waals surface area contributed by atoms with E-state index in [0.717, 1.165) is 33.8 Å². The zero-order valence-electron chi connectivity index (χ0n) is 16.2. The number of Topliss-reactive ketones (excluding diaryl/α,β-unsaturated/α-hetero) is 1. The van der Waals surface area contributed by atoms with E-state index in [-0.39, 0.29) is 17.6 Å². The van der Waals surface area contributed by atoms with Gasteiger partial charge in [-0.05, 0) is 49.3 Å². The molecule has 2 aliphatic rings. The number of aromatic nitrogens is 1. The lowest BCUT2D eigenvalue weighted by Crippen LogP contribution is -2.36. The maximum Gasteiger partial charge on any atom is 0.255 e. The number of rotatable bonds is 3. The predicted octanol–water partition coefficient (Wildman–Crippen LogP) is 4.30. The van der Waals surface area contributed by atoms with Gasteiger partial charge in [0.2, 0.25) is 0 Å². The Morgan fingerprint density at radius 1 is 1.25 bits per heavy atom. The van der Waals surface area contributed by atoms with Crippen LogP contribution in [0.15, 0.2) is 58.4 Å². The van der Waals surface area contributed by atoms with E-state index in [2.05, 4.69) is 22.5 Å². The summed E-state index contributed by atoms with van der Waals surface area (Å²) in [6.07, 6.45) is 3.07. The van der Waals surface area contributed by atoms with E-state index in [0.29, 0.717) is 23.7 Å². The van der Waals surface area contributed by atoms with Crippen molar-refractivity contribution in [1.29, 1.82) is 0 Å². The lowest BCUT2D eigenvalue weighted by atomic mass is 9.75. The van der Waals surface area contributed by atoms with Gasteiger partial charge in [0, 0.05) is 40.0 Å². The van der Waals surface area contributed by atoms with Crippen molar-refractivity contribution in [1.82, 2.24) is 10.3 Å². The zero-order chi connectivity index (χ0) is 19.8. The summed E-state index contributed by atoms with van der Waals surface area (Å²) >= 11 is 1.58. The molecule has 0 spiro atoms. The number of ketones is 1. The molecule has 1 amide bonds. The average Bonchev–Trinajstić information content (AvgIpc) is 3.16. The number of anilines is 1. The number of carbonyl (C=O) groups excluding carboxylic acids is 2. The highest BCUT2D eigenvalue weighted by Gasteiger charge is 2.40. The first-order valence-corrected chi connectivity index (χ1v) is 10.3. The summed E-state index contributed by atoms with van der Waals surface area (Å²) in [6, 6.07) is 7.66. The molecular formula is C22H23N3O2S. The van der Waals surface area contributed by atoms with Crippen molar-refractivity contribution in [3.63, 3.8) is 0 Å². The second kappa shape index (κ2) is 7.36. The van der Waals surface area contributed by atoms with Crippen LogP contribution in [0, 0.1) is 12.8 Å². The van der Waals surface area contributed by atoms with Crippen molar-refractivity contribution < 1.29 is 9.59 Å². The van der Waals surface area contributed by atoms with Crippen LogP contribution >= 0.6 is 11.3 Å². The Balaban J connectivity index is 1.74. The number of hydrogen-bond acceptors (Lipinski definition) is 5. The Kier molecular flexibility index (Phi) is 4.89. The molecule has 0 saturated heterocycles. The highest BCUT2D eigenvalue weighted by Crippen LogP contribution is 2.44. The lowest BCUT2D eigenvalue weighted by molar-refractivity contribution is -0.117. The zero-order valence-corrected chi connectivity index (χ0v) is 17.0. The Morgan fingerprint density at radius 2 is 2.07 bits per heavy atom. The van der Waals surface area contributed by atoms with Gasteiger partial charge in [0.05, 0.1) is 5.92 Å². The third kappa shape index (κ3) is 3.40. The monoisotopic (exact) mass is 393 g/mol. The Hall–Kier alpha value is -2.73. The van der Waals surface area contributed by atoms with Crippen molar-refractivity contribution >= 4 is 28.8 Å². The Labute approximate surface area is 168 Å². The van der Waals surface area contributed by atoms with E-state index < -0.39 is 0 Å². The molecule has 2 N–H and O–H groups in total. The first kappa shape index (κ1) is 18.6. The maximum absolute atomic E-state index is 13.2. The van der Waals surface area contributed by atoms with E-state index in [1.807, 2.05) is 37.4 Å². The number of amides is 1. The number of allylic oxidation sites excluding steroid dienone is 3. The van der Waals surface area contributed by atoms with Crippen LogP contribution in [0.2, 0.25) is 0 Å². The van der Waals surface area contributed by atoms with Crippen LogP contribution in [-0.2, 0) is 9.59 Å². The van der Waals surface area contributed by atoms with Gasteiger partial charge in [-0.1, -0.05) is 19.1 Å². The van der Waals surface area contributed by atoms with Gasteiger partial charge in [-0.2, -0.15) is 0 Å². The number of hydrogen-bond donors (Lipinski definition) is 2. The van der Waals surface area contributed by atoms with Gasteiger partial charge in [0.15, 0.2) is 5.78 Å². The summed E-state index contributed by atoms with van der Waals surface area (Å²) in [5, 5.41) is 8.25. The number of aryl methyl sites for hydroxylation is 1. The molecule has 0 bridgehead atoms. The first-order chi connectivity index (χ1) is 13.4. The van der Waals surface area contributed by atoms with Gasteiger partial charge in [-0.15, -0.1) is 11.3 Å². The molecule has 4 rings (SSSR count). The van der Waals surface area contributed by atoms with E-state index >= 15 is 0 Å². The molecule has 2 aromatic rings. The molecule has 0 saturated carbocycles. The van der Waals surface area contributed by atoms with E-state index in [9.17, 15) is 9.59 Å². The minimum absolute atomic E-state index is 0.130. The van der Waals surface area contributed by atoms with Crippen LogP contribution in [0.3, 0.4) is 0 Å². The summed E-state index contributed by atoms with van der Waals surface area (Å²) in [6.45, 7) is 5.95. The molecular weight excluding hydrogens is 370 g/mol. The molecule has 2 aromatic heterocycles. The second-order valence-electron chi connectivity index (χ2n) is 7.62. The molecule has 0 unspecified atom stereocenters. The third-order valence-electron chi connectivity index (χ3n) is 5.26. The van der Waals surface area contributed by atoms with Gasteiger partial charge in [0.25, 0.3) is 5.91 Å². The van der Waals surface area contributed by atoms with Gasteiger partial charge >= 0.3 is 0 Å². The number of nitrogens with one attached hydrogen (secondary N) is 2. The molecule has 2 atom stereocenters. The van der Waals surface area contributed by atoms with Crippen LogP contribution in [0.25, 0.3) is 0 Å². The number of dihydropyridines is 1. The Bertz CT molecular complexity index is 987. The fraction of sp³-hybridized carbons (Fsp3) is 0.318. The maximum atomic E-state index is 13.2. The molecule has 144 valence electrons. The topological polar surface area (TPSA) is 71.1 Å². The molecule has 1 aliphatic heterocycles. The highest BCUT2D eigenvalue weighted by molar-refractivity contribution is 7.10. The number of thiophene rings is 1. The van der Waals surface area contributed by atoms with Gasteiger partial charge in [-0.25, -0.2) is 4.98 Å². The van der Waals surface area contributed by atoms with Crippen LogP contribution in [-0.4, -0.2) is 16.7 Å². The molecule has 6 heteroatoms. The SMILES string of the molecule is CC1=C(C(=O)Nc2ccc(C)cn2)[C@H](c2cccs2)C2=C(C[C@@H](C)CC2=O)N1. The first-order valence-electron chi connectivity index (χ1n) is 9.45. The number of nitrogens with zero attached hydrogens (tertiary/aromatic N) is 1. The lowest BCUT2D eigenvalue weighted by Gasteiger charge is -2.35. The summed E-state index contributed by atoms with van der Waals surface area (Å²) in [7, 11) is 0. The predicted molar refractivity (Wildman–Crippen MR) is 111 cm³/mol. The molecule has 0 aromatic carbocycles. The van der Waals surface area contributed by atoms with E-state index in [4.69, 9.17) is 0 Å². The summed E-state index contributed by atoms with van der Waals surface area (Å²) in [4.78, 5) is 31.5. The Morgan fingerprint density at radius 3 is 2.75 bits per heavy atom. The minimum atomic E-state index is -0.332. The molecule has 0 fully saturated rings. The van der Waals surface area contributed by atoms with Crippen molar-refractivity contribution in [2.45, 2.75) is 39.5 Å². The smallest absolute Gasteiger partial charge is 0.255 e. The summed E-state index contributed by atoms with van der Waals surface area (Å²) < 4.78 is 0. The largest absolute Gasteiger partial charge is 0.362 e. The molecule has 0 radical (unpaired) electrons. The van der Waals surface area contributed by atoms with Crippen molar-refractivity contribution in [3.8, 4) is 0 Å². The van der Waals surface area contributed by atoms with Crippen LogP contribution in [0.5, 0.6) is 0 Å². The van der Waals surface area contributed by atoms with Gasteiger partial charge in [-0.3, -0.25) is 9.59 Å². The minimum Gasteiger partial charge on any atom is -0.362 e. The van der Waals surface area contributed by atoms with Crippen molar-refractivity contribution in [2.75, 3.05) is 5.32 Å². The van der Waals surface area contributed by atoms with Crippen LogP contribution < -0.4 is 10.6 Å². The number of pyridine rings is 1. The third-order valence-corrected chi connectivity index (χ3v) is 6.19. The molecule has 3 heterocycles. The van der Waals surface area contributed by atoms with Gasteiger partial charge < -0.3 is 10.6 Å². The fourth-order valence-electron chi connectivity index (χ4n) is 4.00. The van der Waals surface area contributed by atoms with Crippen molar-refractivity contribution in [2.24, 2.45) is 5.92 Å². The standard InChI is InChI=1S/C22H23N3O2S/c1-12-6-7-18(23-11-12)25-22(27)19-14(3)24-15-9-13(2)10-16(26)20(15)21(19)17-5-4-8-28-17/h4-8,11,13,21,24H,9-10H2,1-3H3,(H,23,25,27)/t13-,21+/m1/s1. The fourth-order valence-corrected chi connectivity index (χ4v) is 4.84. The van der Waals surface area contributed by atoms with Gasteiger partial charge in [0.1, 0.15) is 5.82 Å². The van der Waals surface area contributed by atoms with Crippen LogP contribution in [0.4, 0.5) is 5.82 Å². The second-order valence-corrected chi connectivity index (χ2v) is 8.60. The van der Waals surface area contributed by atoms with Crippen LogP contribution in [0.1, 0.15) is 43.0 Å². The molecule has 28 heavy (non-hydrogen) atoms. The quantitative estimate of drug-likeness (QED) is 0.815. The summed E-state index contributed by atoms with van der Waals surface area (Å²) in [5.74, 6) is 0.386. The normalized spacial score (nSPS) is 22.0. The van der Waals surface area contributed by atoms with Crippen molar-refractivity contribution in [3.05, 3.63) is 68.8 Å². The van der Waals surface area contributed by atoms with E-state index in [1.54, 1.807) is 23.6 Å².